The molecule has 4 amide bonds. The second-order valence-electron chi connectivity index (χ2n) is 11.7. The molecule has 40 heavy (non-hydrogen) atoms. The first kappa shape index (κ1) is 28.9. The molecular formula is C33H40N4O3. The number of nitrogens with one attached hydrogen (secondary N) is 3. The maximum absolute atomic E-state index is 14.2. The number of hydrogen-bond acceptors (Lipinski definition) is 3. The quantitative estimate of drug-likeness (QED) is 0.366. The molecule has 1 heterocycles. The molecular weight excluding hydrogens is 500 g/mol. The highest BCUT2D eigenvalue weighted by Crippen LogP contribution is 2.40. The number of amides is 4. The van der Waals surface area contributed by atoms with Crippen molar-refractivity contribution in [2.75, 3.05) is 11.9 Å². The van der Waals surface area contributed by atoms with Crippen molar-refractivity contribution in [1.29, 1.82) is 0 Å². The zero-order valence-electron chi connectivity index (χ0n) is 24.0. The van der Waals surface area contributed by atoms with Crippen molar-refractivity contribution in [2.45, 2.75) is 71.0 Å². The van der Waals surface area contributed by atoms with Crippen LogP contribution in [0.4, 0.5) is 10.5 Å². The van der Waals surface area contributed by atoms with Gasteiger partial charge in [0.15, 0.2) is 0 Å². The third-order valence-electron chi connectivity index (χ3n) is 7.21. The number of benzene rings is 3. The number of aryl methyl sites for hydroxylation is 2. The summed E-state index contributed by atoms with van der Waals surface area (Å²) >= 11 is 0. The molecule has 210 valence electrons. The molecule has 0 aliphatic carbocycles. The molecule has 3 aromatic rings. The van der Waals surface area contributed by atoms with E-state index in [2.05, 4.69) is 35.0 Å². The van der Waals surface area contributed by atoms with Gasteiger partial charge in [-0.25, -0.2) is 4.79 Å². The van der Waals surface area contributed by atoms with E-state index in [4.69, 9.17) is 0 Å². The Hall–Kier alpha value is -4.13. The van der Waals surface area contributed by atoms with E-state index in [0.717, 1.165) is 22.3 Å². The molecule has 0 unspecified atom stereocenters. The van der Waals surface area contributed by atoms with Crippen molar-refractivity contribution in [3.63, 3.8) is 0 Å². The SMILES string of the molecule is Cc1cccc(NC(=O)N[C@@H]2C[C@H](c3ccccc3C)C[C@H](c3ccccc3)N(CC(=O)NC(C)(C)C)C2=O)c1. The van der Waals surface area contributed by atoms with Crippen molar-refractivity contribution in [2.24, 2.45) is 0 Å². The minimum atomic E-state index is -0.814. The predicted octanol–water partition coefficient (Wildman–Crippen LogP) is 5.86. The van der Waals surface area contributed by atoms with E-state index in [1.807, 2.05) is 94.4 Å². The number of nitrogens with zero attached hydrogens (tertiary/aromatic N) is 1. The standard InChI is InChI=1S/C33H40N4O3/c1-22-12-11-16-26(18-22)34-32(40)35-28-19-25(27-17-10-9-13-23(27)2)20-29(24-14-7-6-8-15-24)37(31(28)39)21-30(38)36-33(3,4)5/h6-18,25,28-29H,19-21H2,1-5H3,(H,36,38)(H2,34,35,40)/t25-,28+,29+/m0/s1. The van der Waals surface area contributed by atoms with E-state index < -0.39 is 17.6 Å². The van der Waals surface area contributed by atoms with Crippen LogP contribution in [0.25, 0.3) is 0 Å². The van der Waals surface area contributed by atoms with Gasteiger partial charge in [0.2, 0.25) is 11.8 Å². The average molecular weight is 541 g/mol. The van der Waals surface area contributed by atoms with Crippen molar-refractivity contribution in [3.8, 4) is 0 Å². The first-order valence-corrected chi connectivity index (χ1v) is 13.9. The Kier molecular flexibility index (Phi) is 8.93. The fourth-order valence-electron chi connectivity index (χ4n) is 5.49. The van der Waals surface area contributed by atoms with Gasteiger partial charge in [-0.2, -0.15) is 0 Å². The molecule has 1 saturated heterocycles. The fraction of sp³-hybridized carbons (Fsp3) is 0.364. The Bertz CT molecular complexity index is 1350. The largest absolute Gasteiger partial charge is 0.350 e. The Balaban J connectivity index is 1.71. The van der Waals surface area contributed by atoms with Crippen LogP contribution in [0, 0.1) is 13.8 Å². The lowest BCUT2D eigenvalue weighted by atomic mass is 9.84. The second kappa shape index (κ2) is 12.4. The molecule has 7 heteroatoms. The summed E-state index contributed by atoms with van der Waals surface area (Å²) in [5.74, 6) is -0.525. The number of carbonyl (C=O) groups is 3. The zero-order valence-corrected chi connectivity index (χ0v) is 24.0. The van der Waals surface area contributed by atoms with E-state index in [1.165, 1.54) is 0 Å². The van der Waals surface area contributed by atoms with E-state index in [0.29, 0.717) is 18.5 Å². The summed E-state index contributed by atoms with van der Waals surface area (Å²) in [5, 5.41) is 8.81. The van der Waals surface area contributed by atoms with Crippen molar-refractivity contribution in [3.05, 3.63) is 101 Å². The lowest BCUT2D eigenvalue weighted by molar-refractivity contribution is -0.139. The first-order valence-electron chi connectivity index (χ1n) is 13.9. The van der Waals surface area contributed by atoms with Gasteiger partial charge in [0, 0.05) is 11.2 Å². The molecule has 0 spiro atoms. The molecule has 1 fully saturated rings. The van der Waals surface area contributed by atoms with Gasteiger partial charge in [0.25, 0.3) is 0 Å². The number of hydrogen-bond donors (Lipinski definition) is 3. The molecule has 7 nitrogen and oxygen atoms in total. The normalized spacial score (nSPS) is 19.5. The van der Waals surface area contributed by atoms with E-state index >= 15 is 0 Å². The summed E-state index contributed by atoms with van der Waals surface area (Å²) in [6.07, 6.45) is 1.05. The van der Waals surface area contributed by atoms with Crippen LogP contribution < -0.4 is 16.0 Å². The van der Waals surface area contributed by atoms with Crippen molar-refractivity contribution < 1.29 is 14.4 Å². The average Bonchev–Trinajstić information content (AvgIpc) is 3.01. The van der Waals surface area contributed by atoms with E-state index in [9.17, 15) is 14.4 Å². The molecule has 0 bridgehead atoms. The maximum Gasteiger partial charge on any atom is 0.319 e. The van der Waals surface area contributed by atoms with Crippen molar-refractivity contribution >= 4 is 23.5 Å². The molecule has 0 saturated carbocycles. The highest BCUT2D eigenvalue weighted by Gasteiger charge is 2.40. The fourth-order valence-corrected chi connectivity index (χ4v) is 5.49. The number of likely N-dealkylation sites (tertiary alicyclic amines) is 1. The molecule has 1 aliphatic rings. The summed E-state index contributed by atoms with van der Waals surface area (Å²) in [7, 11) is 0. The lowest BCUT2D eigenvalue weighted by Crippen LogP contribution is -2.53. The first-order chi connectivity index (χ1) is 19.0. The summed E-state index contributed by atoms with van der Waals surface area (Å²) < 4.78 is 0. The van der Waals surface area contributed by atoms with E-state index in [-0.39, 0.29) is 30.3 Å². The van der Waals surface area contributed by atoms with Gasteiger partial charge < -0.3 is 20.9 Å². The monoisotopic (exact) mass is 540 g/mol. The molecule has 1 aliphatic heterocycles. The highest BCUT2D eigenvalue weighted by atomic mass is 16.2. The second-order valence-corrected chi connectivity index (χ2v) is 11.7. The van der Waals surface area contributed by atoms with Gasteiger partial charge in [-0.1, -0.05) is 66.7 Å². The van der Waals surface area contributed by atoms with E-state index in [1.54, 1.807) is 4.90 Å². The molecule has 3 atom stereocenters. The van der Waals surface area contributed by atoms with Gasteiger partial charge in [-0.15, -0.1) is 0 Å². The Morgan fingerprint density at radius 3 is 2.27 bits per heavy atom. The number of anilines is 1. The Morgan fingerprint density at radius 1 is 0.900 bits per heavy atom. The van der Waals surface area contributed by atoms with Crippen LogP contribution in [-0.4, -0.2) is 40.9 Å². The number of carbonyl (C=O) groups excluding carboxylic acids is 3. The predicted molar refractivity (Wildman–Crippen MR) is 159 cm³/mol. The van der Waals surface area contributed by atoms with Crippen LogP contribution in [-0.2, 0) is 9.59 Å². The number of rotatable bonds is 6. The van der Waals surface area contributed by atoms with Gasteiger partial charge in [0.05, 0.1) is 6.04 Å². The molecule has 3 aromatic carbocycles. The maximum atomic E-state index is 14.2. The van der Waals surface area contributed by atoms with Crippen LogP contribution in [0.1, 0.15) is 67.8 Å². The summed E-state index contributed by atoms with van der Waals surface area (Å²) in [4.78, 5) is 42.2. The zero-order chi connectivity index (χ0) is 28.9. The van der Waals surface area contributed by atoms with Crippen LogP contribution in [0.15, 0.2) is 78.9 Å². The summed E-state index contributed by atoms with van der Waals surface area (Å²) in [6, 6.07) is 23.9. The minimum absolute atomic E-state index is 0.0182. The van der Waals surface area contributed by atoms with Crippen molar-refractivity contribution in [1.82, 2.24) is 15.5 Å². The summed E-state index contributed by atoms with van der Waals surface area (Å²) in [5.41, 5.74) is 4.46. The molecule has 4 rings (SSSR count). The highest BCUT2D eigenvalue weighted by molar-refractivity contribution is 5.95. The summed E-state index contributed by atoms with van der Waals surface area (Å²) in [6.45, 7) is 9.66. The van der Waals surface area contributed by atoms with Crippen LogP contribution in [0.3, 0.4) is 0 Å². The smallest absolute Gasteiger partial charge is 0.319 e. The van der Waals surface area contributed by atoms with Gasteiger partial charge in [-0.3, -0.25) is 9.59 Å². The van der Waals surface area contributed by atoms with Crippen LogP contribution in [0.2, 0.25) is 0 Å². The Labute approximate surface area is 237 Å². The molecule has 0 aromatic heterocycles. The van der Waals surface area contributed by atoms with Gasteiger partial charge in [0.1, 0.15) is 12.6 Å². The van der Waals surface area contributed by atoms with Crippen LogP contribution in [0.5, 0.6) is 0 Å². The lowest BCUT2D eigenvalue weighted by Gasteiger charge is -2.33. The number of urea groups is 1. The van der Waals surface area contributed by atoms with Crippen LogP contribution >= 0.6 is 0 Å². The minimum Gasteiger partial charge on any atom is -0.350 e. The third kappa shape index (κ3) is 7.50. The molecule has 3 N–H and O–H groups in total. The van der Waals surface area contributed by atoms with Gasteiger partial charge in [-0.05, 0) is 87.8 Å². The van der Waals surface area contributed by atoms with Gasteiger partial charge >= 0.3 is 6.03 Å². The third-order valence-corrected chi connectivity index (χ3v) is 7.21. The Morgan fingerprint density at radius 2 is 1.60 bits per heavy atom. The molecule has 0 radical (unpaired) electrons. The topological polar surface area (TPSA) is 90.5 Å².